The zero-order valence-corrected chi connectivity index (χ0v) is 15.0. The van der Waals surface area contributed by atoms with Crippen molar-refractivity contribution in [2.45, 2.75) is 32.7 Å². The van der Waals surface area contributed by atoms with E-state index in [1.54, 1.807) is 0 Å². The van der Waals surface area contributed by atoms with E-state index in [1.165, 1.54) is 11.1 Å². The third-order valence-corrected chi connectivity index (χ3v) is 4.72. The van der Waals surface area contributed by atoms with Crippen LogP contribution in [0.5, 0.6) is 0 Å². The van der Waals surface area contributed by atoms with Crippen molar-refractivity contribution in [3.05, 3.63) is 46.0 Å². The number of benzene rings is 1. The van der Waals surface area contributed by atoms with Gasteiger partial charge in [0.15, 0.2) is 0 Å². The summed E-state index contributed by atoms with van der Waals surface area (Å²) in [5, 5.41) is 7.01. The molecule has 0 saturated heterocycles. The Balaban J connectivity index is 2.06. The predicted molar refractivity (Wildman–Crippen MR) is 93.9 cm³/mol. The van der Waals surface area contributed by atoms with Crippen molar-refractivity contribution in [2.24, 2.45) is 0 Å². The number of nitrogens with zero attached hydrogens (tertiary/aromatic N) is 3. The van der Waals surface area contributed by atoms with Crippen LogP contribution < -0.4 is 5.32 Å². The largest absolute Gasteiger partial charge is 0.349 e. The summed E-state index contributed by atoms with van der Waals surface area (Å²) in [5.74, 6) is -0.0890. The first-order valence-electron chi connectivity index (χ1n) is 7.91. The third kappa shape index (κ3) is 4.36. The van der Waals surface area contributed by atoms with E-state index in [9.17, 15) is 4.79 Å². The van der Waals surface area contributed by atoms with Crippen LogP contribution in [0, 0.1) is 0 Å². The van der Waals surface area contributed by atoms with Gasteiger partial charge in [0, 0.05) is 6.54 Å². The number of hydrogen-bond donors (Lipinski definition) is 1. The molecule has 0 bridgehead atoms. The van der Waals surface area contributed by atoms with Crippen molar-refractivity contribution in [3.63, 3.8) is 0 Å². The molecule has 0 aliphatic carbocycles. The minimum Gasteiger partial charge on any atom is -0.349 e. The van der Waals surface area contributed by atoms with Crippen LogP contribution in [-0.4, -0.2) is 41.0 Å². The first-order valence-corrected chi connectivity index (χ1v) is 8.68. The van der Waals surface area contributed by atoms with Crippen molar-refractivity contribution in [3.8, 4) is 0 Å². The van der Waals surface area contributed by atoms with Crippen LogP contribution in [0.3, 0.4) is 0 Å². The molecule has 0 aliphatic rings. The van der Waals surface area contributed by atoms with Gasteiger partial charge in [0.05, 0.1) is 11.7 Å². The lowest BCUT2D eigenvalue weighted by atomic mass is 10.0. The summed E-state index contributed by atoms with van der Waals surface area (Å²) >= 11 is 1.16. The summed E-state index contributed by atoms with van der Waals surface area (Å²) in [7, 11) is 4.05. The second-order valence-electron chi connectivity index (χ2n) is 5.69. The number of likely N-dealkylation sites (N-methyl/N-ethyl adjacent to an activating group) is 1. The van der Waals surface area contributed by atoms with Gasteiger partial charge in [0.2, 0.25) is 0 Å². The van der Waals surface area contributed by atoms with Gasteiger partial charge >= 0.3 is 0 Å². The molecule has 6 heteroatoms. The molecule has 0 unspecified atom stereocenters. The Kier molecular flexibility index (Phi) is 6.24. The molecule has 1 atom stereocenters. The topological polar surface area (TPSA) is 58.1 Å². The van der Waals surface area contributed by atoms with E-state index in [0.717, 1.165) is 30.1 Å². The number of nitrogens with one attached hydrogen (secondary N) is 1. The molecule has 1 amide bonds. The number of aryl methyl sites for hydroxylation is 2. The predicted octanol–water partition coefficient (Wildman–Crippen LogP) is 2.70. The fourth-order valence-electron chi connectivity index (χ4n) is 2.46. The number of carbonyl (C=O) groups is 1. The highest BCUT2D eigenvalue weighted by Crippen LogP contribution is 2.19. The van der Waals surface area contributed by atoms with E-state index in [4.69, 9.17) is 0 Å². The molecule has 2 rings (SSSR count). The Morgan fingerprint density at radius 2 is 1.91 bits per heavy atom. The number of amides is 1. The molecular formula is C17H24N4OS. The van der Waals surface area contributed by atoms with Gasteiger partial charge in [-0.05, 0) is 49.6 Å². The van der Waals surface area contributed by atoms with Crippen LogP contribution in [0.4, 0.5) is 0 Å². The van der Waals surface area contributed by atoms with Gasteiger partial charge in [0.25, 0.3) is 5.91 Å². The standard InChI is InChI=1S/C17H24N4OS/c1-5-12-7-9-13(10-8-12)15(21(3)4)11-18-17(22)16-14(6-2)19-20-23-16/h7-10,15H,5-6,11H2,1-4H3,(H,18,22)/t15-/m1/s1. The molecule has 0 saturated carbocycles. The molecule has 0 aliphatic heterocycles. The number of hydrogen-bond acceptors (Lipinski definition) is 5. The number of aromatic nitrogens is 2. The first-order chi connectivity index (χ1) is 11.1. The zero-order valence-electron chi connectivity index (χ0n) is 14.2. The second-order valence-corrected chi connectivity index (χ2v) is 6.44. The molecule has 23 heavy (non-hydrogen) atoms. The van der Waals surface area contributed by atoms with E-state index >= 15 is 0 Å². The lowest BCUT2D eigenvalue weighted by Crippen LogP contribution is -2.34. The van der Waals surface area contributed by atoms with Crippen LogP contribution in [0.25, 0.3) is 0 Å². The maximum atomic E-state index is 12.3. The highest BCUT2D eigenvalue weighted by Gasteiger charge is 2.19. The fraction of sp³-hybridized carbons (Fsp3) is 0.471. The number of carbonyl (C=O) groups excluding carboxylic acids is 1. The molecular weight excluding hydrogens is 308 g/mol. The summed E-state index contributed by atoms with van der Waals surface area (Å²) in [4.78, 5) is 15.1. The van der Waals surface area contributed by atoms with E-state index in [2.05, 4.69) is 51.0 Å². The molecule has 1 heterocycles. The average Bonchev–Trinajstić information content (AvgIpc) is 3.04. The van der Waals surface area contributed by atoms with Crippen LogP contribution in [0.15, 0.2) is 24.3 Å². The quantitative estimate of drug-likeness (QED) is 0.847. The van der Waals surface area contributed by atoms with Crippen molar-refractivity contribution < 1.29 is 4.79 Å². The van der Waals surface area contributed by atoms with Crippen molar-refractivity contribution >= 4 is 17.4 Å². The van der Waals surface area contributed by atoms with Gasteiger partial charge < -0.3 is 10.2 Å². The Bertz CT molecular complexity index is 636. The van der Waals surface area contributed by atoms with Gasteiger partial charge in [-0.15, -0.1) is 5.10 Å². The van der Waals surface area contributed by atoms with E-state index in [-0.39, 0.29) is 11.9 Å². The van der Waals surface area contributed by atoms with Gasteiger partial charge in [0.1, 0.15) is 4.88 Å². The van der Waals surface area contributed by atoms with Gasteiger partial charge in [-0.25, -0.2) is 0 Å². The monoisotopic (exact) mass is 332 g/mol. The van der Waals surface area contributed by atoms with Crippen LogP contribution in [0.1, 0.15) is 46.4 Å². The second kappa shape index (κ2) is 8.17. The van der Waals surface area contributed by atoms with Crippen molar-refractivity contribution in [1.29, 1.82) is 0 Å². The normalized spacial score (nSPS) is 12.4. The smallest absolute Gasteiger partial charge is 0.265 e. The zero-order chi connectivity index (χ0) is 16.8. The minimum absolute atomic E-state index is 0.0890. The molecule has 1 N–H and O–H groups in total. The Morgan fingerprint density at radius 1 is 1.22 bits per heavy atom. The molecule has 0 spiro atoms. The van der Waals surface area contributed by atoms with Crippen molar-refractivity contribution in [2.75, 3.05) is 20.6 Å². The lowest BCUT2D eigenvalue weighted by Gasteiger charge is -2.25. The molecule has 2 aromatic rings. The fourth-order valence-corrected chi connectivity index (χ4v) is 3.12. The summed E-state index contributed by atoms with van der Waals surface area (Å²) in [6.07, 6.45) is 1.75. The van der Waals surface area contributed by atoms with Crippen LogP contribution >= 0.6 is 11.5 Å². The highest BCUT2D eigenvalue weighted by molar-refractivity contribution is 7.08. The molecule has 5 nitrogen and oxygen atoms in total. The Labute approximate surface area is 141 Å². The van der Waals surface area contributed by atoms with Gasteiger partial charge in [-0.2, -0.15) is 0 Å². The minimum atomic E-state index is -0.0890. The van der Waals surface area contributed by atoms with Crippen LogP contribution in [0.2, 0.25) is 0 Å². The molecule has 1 aromatic carbocycles. The summed E-state index contributed by atoms with van der Waals surface area (Å²) in [5.41, 5.74) is 3.28. The van der Waals surface area contributed by atoms with Crippen LogP contribution in [-0.2, 0) is 12.8 Å². The number of rotatable bonds is 7. The van der Waals surface area contributed by atoms with Crippen molar-refractivity contribution in [1.82, 2.24) is 19.8 Å². The molecule has 124 valence electrons. The molecule has 0 fully saturated rings. The maximum absolute atomic E-state index is 12.3. The average molecular weight is 332 g/mol. The summed E-state index contributed by atoms with van der Waals surface area (Å²) in [6, 6.07) is 8.71. The van der Waals surface area contributed by atoms with Gasteiger partial charge in [-0.3, -0.25) is 4.79 Å². The van der Waals surface area contributed by atoms with E-state index in [1.807, 2.05) is 21.0 Å². The SMILES string of the molecule is CCc1ccc([C@@H](CNC(=O)c2snnc2CC)N(C)C)cc1. The lowest BCUT2D eigenvalue weighted by molar-refractivity contribution is 0.0945. The highest BCUT2D eigenvalue weighted by atomic mass is 32.1. The Morgan fingerprint density at radius 3 is 2.48 bits per heavy atom. The van der Waals surface area contributed by atoms with E-state index in [0.29, 0.717) is 11.4 Å². The Hall–Kier alpha value is -1.79. The molecule has 0 radical (unpaired) electrons. The summed E-state index contributed by atoms with van der Waals surface area (Å²) in [6.45, 7) is 4.68. The van der Waals surface area contributed by atoms with E-state index < -0.39 is 0 Å². The van der Waals surface area contributed by atoms with Gasteiger partial charge in [-0.1, -0.05) is 42.6 Å². The summed E-state index contributed by atoms with van der Waals surface area (Å²) < 4.78 is 3.87. The first kappa shape index (κ1) is 17.6. The molecule has 1 aromatic heterocycles. The maximum Gasteiger partial charge on any atom is 0.265 e. The third-order valence-electron chi connectivity index (χ3n) is 3.95.